The van der Waals surface area contributed by atoms with Gasteiger partial charge in [-0.15, -0.1) is 0 Å². The zero-order valence-electron chi connectivity index (χ0n) is 17.6. The quantitative estimate of drug-likeness (QED) is 0.217. The number of nitro groups is 1. The maximum absolute atomic E-state index is 12.4. The summed E-state index contributed by atoms with van der Waals surface area (Å²) in [5, 5.41) is 15.1. The van der Waals surface area contributed by atoms with Crippen molar-refractivity contribution in [3.05, 3.63) is 87.2 Å². The maximum Gasteiger partial charge on any atom is 0.272 e. The van der Waals surface area contributed by atoms with E-state index in [4.69, 9.17) is 9.47 Å². The van der Waals surface area contributed by atoms with Crippen LogP contribution in [-0.2, 0) is 13.2 Å². The fraction of sp³-hybridized carbons (Fsp3) is 0.217. The fourth-order valence-corrected chi connectivity index (χ4v) is 3.15. The molecule has 0 atom stereocenters. The van der Waals surface area contributed by atoms with E-state index in [1.54, 1.807) is 55.3 Å². The molecule has 31 heavy (non-hydrogen) atoms. The second kappa shape index (κ2) is 9.71. The lowest BCUT2D eigenvalue weighted by Crippen LogP contribution is -2.07. The van der Waals surface area contributed by atoms with Crippen molar-refractivity contribution < 1.29 is 19.2 Å². The Morgan fingerprint density at radius 1 is 1.23 bits per heavy atom. The number of carbonyl (C=O) groups excluding carboxylic acids is 1. The van der Waals surface area contributed by atoms with E-state index in [1.165, 1.54) is 12.1 Å². The third-order valence-corrected chi connectivity index (χ3v) is 4.76. The van der Waals surface area contributed by atoms with Gasteiger partial charge in [-0.2, -0.15) is 5.10 Å². The summed E-state index contributed by atoms with van der Waals surface area (Å²) in [6.45, 7) is 4.42. The number of benzene rings is 2. The minimum atomic E-state index is -0.424. The van der Waals surface area contributed by atoms with Crippen molar-refractivity contribution in [3.8, 4) is 11.5 Å². The predicted molar refractivity (Wildman–Crippen MR) is 116 cm³/mol. The number of hydrogen-bond acceptors (Lipinski definition) is 6. The van der Waals surface area contributed by atoms with E-state index in [1.807, 2.05) is 19.1 Å². The molecule has 0 radical (unpaired) electrons. The van der Waals surface area contributed by atoms with Crippen LogP contribution in [0.5, 0.6) is 11.5 Å². The van der Waals surface area contributed by atoms with Crippen molar-refractivity contribution in [2.24, 2.45) is 0 Å². The molecule has 1 heterocycles. The standard InChI is InChI=1S/C23H23N3O5/c1-4-25-21(11-12-24-25)22(27)9-5-17-6-10-23(30-3)18(14-17)15-31-19-7-8-20(26(28)29)16(2)13-19/h5-14H,4,15H2,1-3H3/b9-5+. The van der Waals surface area contributed by atoms with E-state index in [0.717, 1.165) is 11.1 Å². The summed E-state index contributed by atoms with van der Waals surface area (Å²) in [4.78, 5) is 23.0. The zero-order chi connectivity index (χ0) is 22.4. The van der Waals surface area contributed by atoms with Crippen molar-refractivity contribution in [3.63, 3.8) is 0 Å². The zero-order valence-corrected chi connectivity index (χ0v) is 17.6. The summed E-state index contributed by atoms with van der Waals surface area (Å²) >= 11 is 0. The summed E-state index contributed by atoms with van der Waals surface area (Å²) in [6, 6.07) is 11.8. The van der Waals surface area contributed by atoms with Gasteiger partial charge in [0.2, 0.25) is 5.78 Å². The molecule has 2 aromatic carbocycles. The van der Waals surface area contributed by atoms with Crippen molar-refractivity contribution in [1.82, 2.24) is 9.78 Å². The molecule has 8 nitrogen and oxygen atoms in total. The minimum absolute atomic E-state index is 0.0474. The molecule has 3 aromatic rings. The van der Waals surface area contributed by atoms with Gasteiger partial charge in [0.25, 0.3) is 5.69 Å². The number of aryl methyl sites for hydroxylation is 2. The SMILES string of the molecule is CCn1nccc1C(=O)/C=C/c1ccc(OC)c(COc2ccc([N+](=O)[O-])c(C)c2)c1. The number of aromatic nitrogens is 2. The number of ketones is 1. The fourth-order valence-electron chi connectivity index (χ4n) is 3.15. The van der Waals surface area contributed by atoms with Gasteiger partial charge >= 0.3 is 0 Å². The number of carbonyl (C=O) groups is 1. The lowest BCUT2D eigenvalue weighted by atomic mass is 10.1. The van der Waals surface area contributed by atoms with Crippen LogP contribution in [0.15, 0.2) is 54.7 Å². The van der Waals surface area contributed by atoms with Gasteiger partial charge in [0.05, 0.1) is 12.0 Å². The predicted octanol–water partition coefficient (Wildman–Crippen LogP) is 4.60. The summed E-state index contributed by atoms with van der Waals surface area (Å²) in [6.07, 6.45) is 4.84. The largest absolute Gasteiger partial charge is 0.496 e. The molecule has 0 saturated carbocycles. The average molecular weight is 421 g/mol. The number of hydrogen-bond donors (Lipinski definition) is 0. The van der Waals surface area contributed by atoms with Gasteiger partial charge in [-0.1, -0.05) is 12.1 Å². The molecule has 3 rings (SSSR count). The van der Waals surface area contributed by atoms with E-state index >= 15 is 0 Å². The monoisotopic (exact) mass is 421 g/mol. The van der Waals surface area contributed by atoms with E-state index in [9.17, 15) is 14.9 Å². The first-order valence-electron chi connectivity index (χ1n) is 9.72. The number of methoxy groups -OCH3 is 1. The Morgan fingerprint density at radius 2 is 2.03 bits per heavy atom. The van der Waals surface area contributed by atoms with Gasteiger partial charge in [0.15, 0.2) is 0 Å². The molecule has 0 aliphatic carbocycles. The van der Waals surface area contributed by atoms with Crippen molar-refractivity contribution >= 4 is 17.5 Å². The maximum atomic E-state index is 12.4. The molecule has 0 amide bonds. The Balaban J connectivity index is 1.75. The van der Waals surface area contributed by atoms with Crippen molar-refractivity contribution in [2.75, 3.05) is 7.11 Å². The second-order valence-corrected chi connectivity index (χ2v) is 6.80. The molecule has 0 N–H and O–H groups in total. The van der Waals surface area contributed by atoms with Gasteiger partial charge in [0.1, 0.15) is 23.8 Å². The Labute approximate surface area is 179 Å². The van der Waals surface area contributed by atoms with Crippen LogP contribution in [0.1, 0.15) is 34.1 Å². The average Bonchev–Trinajstić information content (AvgIpc) is 3.25. The highest BCUT2D eigenvalue weighted by atomic mass is 16.6. The van der Waals surface area contributed by atoms with Crippen molar-refractivity contribution in [1.29, 1.82) is 0 Å². The van der Waals surface area contributed by atoms with Crippen LogP contribution in [0.3, 0.4) is 0 Å². The molecular weight excluding hydrogens is 398 g/mol. The number of nitro benzene ring substituents is 1. The van der Waals surface area contributed by atoms with Gasteiger partial charge < -0.3 is 9.47 Å². The van der Waals surface area contributed by atoms with E-state index in [2.05, 4.69) is 5.10 Å². The molecule has 0 fully saturated rings. The van der Waals surface area contributed by atoms with Crippen LogP contribution in [-0.4, -0.2) is 27.6 Å². The van der Waals surface area contributed by atoms with Gasteiger partial charge in [-0.05, 0) is 55.8 Å². The Hall–Kier alpha value is -3.94. The molecule has 0 saturated heterocycles. The van der Waals surface area contributed by atoms with Crippen LogP contribution in [0, 0.1) is 17.0 Å². The molecule has 0 aliphatic heterocycles. The summed E-state index contributed by atoms with van der Waals surface area (Å²) < 4.78 is 12.9. The lowest BCUT2D eigenvalue weighted by Gasteiger charge is -2.12. The first-order chi connectivity index (χ1) is 14.9. The van der Waals surface area contributed by atoms with Crippen LogP contribution in [0.25, 0.3) is 6.08 Å². The molecule has 0 spiro atoms. The van der Waals surface area contributed by atoms with Crippen LogP contribution >= 0.6 is 0 Å². The molecule has 0 aliphatic rings. The Bertz CT molecular complexity index is 1130. The highest BCUT2D eigenvalue weighted by Gasteiger charge is 2.12. The van der Waals surface area contributed by atoms with Gasteiger partial charge in [0, 0.05) is 29.9 Å². The summed E-state index contributed by atoms with van der Waals surface area (Å²) in [5.74, 6) is 1.04. The van der Waals surface area contributed by atoms with E-state index in [0.29, 0.717) is 29.3 Å². The molecular formula is C23H23N3O5. The van der Waals surface area contributed by atoms with Crippen LogP contribution in [0.4, 0.5) is 5.69 Å². The third kappa shape index (κ3) is 5.16. The Kier molecular flexibility index (Phi) is 6.81. The van der Waals surface area contributed by atoms with E-state index in [-0.39, 0.29) is 18.1 Å². The summed E-state index contributed by atoms with van der Waals surface area (Å²) in [7, 11) is 1.57. The number of rotatable bonds is 9. The minimum Gasteiger partial charge on any atom is -0.496 e. The van der Waals surface area contributed by atoms with Crippen LogP contribution in [0.2, 0.25) is 0 Å². The topological polar surface area (TPSA) is 96.5 Å². The van der Waals surface area contributed by atoms with E-state index < -0.39 is 4.92 Å². The summed E-state index contributed by atoms with van der Waals surface area (Å²) in [5.41, 5.74) is 2.70. The highest BCUT2D eigenvalue weighted by Crippen LogP contribution is 2.26. The number of allylic oxidation sites excluding steroid dienone is 1. The first-order valence-corrected chi connectivity index (χ1v) is 9.72. The molecule has 1 aromatic heterocycles. The normalized spacial score (nSPS) is 10.9. The number of nitrogens with zero attached hydrogens (tertiary/aromatic N) is 3. The molecule has 160 valence electrons. The third-order valence-electron chi connectivity index (χ3n) is 4.76. The highest BCUT2D eigenvalue weighted by molar-refractivity contribution is 6.05. The molecule has 0 unspecified atom stereocenters. The number of ether oxygens (including phenoxy) is 2. The van der Waals surface area contributed by atoms with Gasteiger partial charge in [-0.3, -0.25) is 19.6 Å². The van der Waals surface area contributed by atoms with Gasteiger partial charge in [-0.25, -0.2) is 0 Å². The Morgan fingerprint density at radius 3 is 2.71 bits per heavy atom. The van der Waals surface area contributed by atoms with Crippen molar-refractivity contribution in [2.45, 2.75) is 27.0 Å². The smallest absolute Gasteiger partial charge is 0.272 e. The molecule has 0 bridgehead atoms. The lowest BCUT2D eigenvalue weighted by molar-refractivity contribution is -0.385. The first kappa shape index (κ1) is 21.8. The molecule has 8 heteroatoms. The van der Waals surface area contributed by atoms with Crippen LogP contribution < -0.4 is 9.47 Å². The second-order valence-electron chi connectivity index (χ2n) is 6.80.